The third-order valence-electron chi connectivity index (χ3n) is 4.32. The first-order valence-corrected chi connectivity index (χ1v) is 8.90. The largest absolute Gasteiger partial charge is 0.495 e. The van der Waals surface area contributed by atoms with E-state index in [4.69, 9.17) is 27.9 Å². The molecule has 0 saturated heterocycles. The van der Waals surface area contributed by atoms with Gasteiger partial charge in [0, 0.05) is 17.3 Å². The summed E-state index contributed by atoms with van der Waals surface area (Å²) in [5.74, 6) is 0.0785. The smallest absolute Gasteiger partial charge is 0.160 e. The van der Waals surface area contributed by atoms with E-state index >= 15 is 0 Å². The van der Waals surface area contributed by atoms with Crippen LogP contribution in [-0.4, -0.2) is 37.9 Å². The Morgan fingerprint density at radius 3 is 2.64 bits per heavy atom. The average Bonchev–Trinajstić information content (AvgIpc) is 3.37. The second-order valence-corrected chi connectivity index (χ2v) is 6.75. The Bertz CT molecular complexity index is 1120. The molecule has 4 rings (SSSR count). The summed E-state index contributed by atoms with van der Waals surface area (Å²) in [6, 6.07) is 9.90. The van der Waals surface area contributed by atoms with E-state index in [1.807, 2.05) is 6.07 Å². The molecule has 0 bridgehead atoms. The Morgan fingerprint density at radius 2 is 1.96 bits per heavy atom. The lowest BCUT2D eigenvalue weighted by Crippen LogP contribution is -2.07. The van der Waals surface area contributed by atoms with Gasteiger partial charge in [-0.3, -0.25) is 5.10 Å². The summed E-state index contributed by atoms with van der Waals surface area (Å²) >= 11 is 12.1. The van der Waals surface area contributed by atoms with Gasteiger partial charge in [0.2, 0.25) is 0 Å². The SMILES string of the molecule is COc1ccc(C(c2nnn[nH]2)c2c[nH]nc2-c2ccc(Cl)c(F)c2)cc1Cl. The van der Waals surface area contributed by atoms with Crippen molar-refractivity contribution >= 4 is 23.2 Å². The highest BCUT2D eigenvalue weighted by Crippen LogP contribution is 2.38. The molecule has 4 aromatic rings. The molecule has 0 aliphatic heterocycles. The molecular weight excluding hydrogens is 406 g/mol. The minimum Gasteiger partial charge on any atom is -0.495 e. The van der Waals surface area contributed by atoms with Gasteiger partial charge >= 0.3 is 0 Å². The van der Waals surface area contributed by atoms with Gasteiger partial charge in [-0.05, 0) is 40.3 Å². The molecule has 0 amide bonds. The van der Waals surface area contributed by atoms with Crippen molar-refractivity contribution in [1.29, 1.82) is 0 Å². The van der Waals surface area contributed by atoms with E-state index in [2.05, 4.69) is 30.8 Å². The molecule has 2 aromatic heterocycles. The summed E-state index contributed by atoms with van der Waals surface area (Å²) in [7, 11) is 1.54. The molecule has 7 nitrogen and oxygen atoms in total. The van der Waals surface area contributed by atoms with Crippen LogP contribution in [0.25, 0.3) is 11.3 Å². The lowest BCUT2D eigenvalue weighted by Gasteiger charge is -2.16. The number of rotatable bonds is 5. The zero-order valence-corrected chi connectivity index (χ0v) is 16.0. The van der Waals surface area contributed by atoms with Crippen LogP contribution >= 0.6 is 23.2 Å². The summed E-state index contributed by atoms with van der Waals surface area (Å²) in [4.78, 5) is 0. The zero-order chi connectivity index (χ0) is 19.7. The van der Waals surface area contributed by atoms with Crippen molar-refractivity contribution in [2.45, 2.75) is 5.92 Å². The summed E-state index contributed by atoms with van der Waals surface area (Å²) in [6.07, 6.45) is 1.72. The number of methoxy groups -OCH3 is 1. The van der Waals surface area contributed by atoms with Gasteiger partial charge in [-0.15, -0.1) is 5.10 Å². The molecule has 1 unspecified atom stereocenters. The number of tetrazole rings is 1. The maximum Gasteiger partial charge on any atom is 0.160 e. The number of aromatic nitrogens is 6. The number of halogens is 3. The van der Waals surface area contributed by atoms with Crippen LogP contribution in [0, 0.1) is 5.82 Å². The molecule has 142 valence electrons. The summed E-state index contributed by atoms with van der Waals surface area (Å²) in [6.45, 7) is 0. The Hall–Kier alpha value is -2.97. The second-order valence-electron chi connectivity index (χ2n) is 5.93. The van der Waals surface area contributed by atoms with E-state index in [-0.39, 0.29) is 5.02 Å². The topological polar surface area (TPSA) is 92.4 Å². The quantitative estimate of drug-likeness (QED) is 0.505. The molecule has 0 aliphatic carbocycles. The lowest BCUT2D eigenvalue weighted by molar-refractivity contribution is 0.415. The third-order valence-corrected chi connectivity index (χ3v) is 4.92. The predicted octanol–water partition coefficient (Wildman–Crippen LogP) is 4.22. The Morgan fingerprint density at radius 1 is 1.11 bits per heavy atom. The van der Waals surface area contributed by atoms with Crippen molar-refractivity contribution in [3.63, 3.8) is 0 Å². The molecule has 1 atom stereocenters. The molecule has 2 heterocycles. The van der Waals surface area contributed by atoms with Gasteiger partial charge in [0.1, 0.15) is 11.6 Å². The minimum atomic E-state index is -0.529. The fourth-order valence-corrected chi connectivity index (χ4v) is 3.41. The molecule has 0 aliphatic rings. The number of hydrogen-bond donors (Lipinski definition) is 2. The van der Waals surface area contributed by atoms with Gasteiger partial charge in [0.15, 0.2) is 5.82 Å². The van der Waals surface area contributed by atoms with Crippen LogP contribution in [0.5, 0.6) is 5.75 Å². The van der Waals surface area contributed by atoms with Gasteiger partial charge in [-0.2, -0.15) is 5.10 Å². The fourth-order valence-electron chi connectivity index (χ4n) is 3.03. The molecule has 28 heavy (non-hydrogen) atoms. The monoisotopic (exact) mass is 418 g/mol. The summed E-state index contributed by atoms with van der Waals surface area (Å²) < 4.78 is 19.2. The number of hydrogen-bond acceptors (Lipinski definition) is 5. The van der Waals surface area contributed by atoms with Crippen LogP contribution in [0.2, 0.25) is 10.0 Å². The Balaban J connectivity index is 1.87. The van der Waals surface area contributed by atoms with Gasteiger partial charge in [-0.1, -0.05) is 35.3 Å². The van der Waals surface area contributed by atoms with E-state index in [0.29, 0.717) is 27.9 Å². The zero-order valence-electron chi connectivity index (χ0n) is 14.4. The van der Waals surface area contributed by atoms with Crippen LogP contribution in [0.4, 0.5) is 4.39 Å². The fraction of sp³-hybridized carbons (Fsp3) is 0.111. The normalized spacial score (nSPS) is 12.1. The molecule has 0 fully saturated rings. The summed E-state index contributed by atoms with van der Waals surface area (Å²) in [5, 5.41) is 21.8. The van der Waals surface area contributed by atoms with E-state index < -0.39 is 11.7 Å². The third kappa shape index (κ3) is 3.32. The van der Waals surface area contributed by atoms with E-state index in [0.717, 1.165) is 11.1 Å². The first kappa shape index (κ1) is 18.4. The molecular formula is C18H13Cl2FN6O. The van der Waals surface area contributed by atoms with Gasteiger partial charge in [0.25, 0.3) is 0 Å². The van der Waals surface area contributed by atoms with Gasteiger partial charge in [-0.25, -0.2) is 9.49 Å². The molecule has 10 heteroatoms. The average molecular weight is 419 g/mol. The first-order valence-electron chi connectivity index (χ1n) is 8.14. The van der Waals surface area contributed by atoms with E-state index in [9.17, 15) is 4.39 Å². The highest BCUT2D eigenvalue weighted by atomic mass is 35.5. The van der Waals surface area contributed by atoms with E-state index in [1.54, 1.807) is 31.5 Å². The number of nitrogens with zero attached hydrogens (tertiary/aromatic N) is 4. The van der Waals surface area contributed by atoms with Crippen LogP contribution in [-0.2, 0) is 0 Å². The maximum atomic E-state index is 14.0. The number of nitrogens with one attached hydrogen (secondary N) is 2. The maximum absolute atomic E-state index is 14.0. The Kier molecular flexibility index (Phi) is 4.97. The summed E-state index contributed by atoms with van der Waals surface area (Å²) in [5.41, 5.74) is 2.65. The first-order chi connectivity index (χ1) is 13.6. The number of ether oxygens (including phenoxy) is 1. The molecule has 2 aromatic carbocycles. The van der Waals surface area contributed by atoms with Crippen molar-refractivity contribution in [3.8, 4) is 17.0 Å². The van der Waals surface area contributed by atoms with Gasteiger partial charge < -0.3 is 4.74 Å². The van der Waals surface area contributed by atoms with Crippen LogP contribution < -0.4 is 4.74 Å². The van der Waals surface area contributed by atoms with E-state index in [1.165, 1.54) is 12.1 Å². The Labute approximate surface area is 168 Å². The van der Waals surface area contributed by atoms with Crippen molar-refractivity contribution in [2.75, 3.05) is 7.11 Å². The molecule has 2 N–H and O–H groups in total. The minimum absolute atomic E-state index is 0.0405. The van der Waals surface area contributed by atoms with Crippen molar-refractivity contribution in [1.82, 2.24) is 30.8 Å². The highest BCUT2D eigenvalue weighted by molar-refractivity contribution is 6.32. The number of H-pyrrole nitrogens is 2. The van der Waals surface area contributed by atoms with Crippen LogP contribution in [0.1, 0.15) is 22.9 Å². The van der Waals surface area contributed by atoms with Crippen LogP contribution in [0.3, 0.4) is 0 Å². The van der Waals surface area contributed by atoms with Crippen LogP contribution in [0.15, 0.2) is 42.6 Å². The van der Waals surface area contributed by atoms with Gasteiger partial charge in [0.05, 0.1) is 28.8 Å². The molecule has 0 spiro atoms. The highest BCUT2D eigenvalue weighted by Gasteiger charge is 2.26. The van der Waals surface area contributed by atoms with Crippen molar-refractivity contribution in [2.24, 2.45) is 0 Å². The lowest BCUT2D eigenvalue weighted by atomic mass is 9.89. The molecule has 0 saturated carbocycles. The predicted molar refractivity (Wildman–Crippen MR) is 102 cm³/mol. The standard InChI is InChI=1S/C18H13Cl2FN6O/c1-28-15-5-3-9(6-13(15)20)16(18-24-26-27-25-18)11-8-22-23-17(11)10-2-4-12(19)14(21)7-10/h2-8,16H,1H3,(H,22,23)(H,24,25,26,27). The molecule has 0 radical (unpaired) electrons. The second kappa shape index (κ2) is 7.57. The van der Waals surface area contributed by atoms with Crippen molar-refractivity contribution < 1.29 is 9.13 Å². The van der Waals surface area contributed by atoms with Crippen molar-refractivity contribution in [3.05, 3.63) is 75.4 Å². The number of aromatic amines is 2. The number of benzene rings is 2.